The van der Waals surface area contributed by atoms with Crippen LogP contribution in [0.2, 0.25) is 0 Å². The van der Waals surface area contributed by atoms with Gasteiger partial charge in [-0.05, 0) is 40.4 Å². The number of carbonyl (C=O) groups is 2. The Morgan fingerprint density at radius 2 is 1.83 bits per heavy atom. The average molecular weight is 415 g/mol. The fourth-order valence-corrected chi connectivity index (χ4v) is 4.69. The van der Waals surface area contributed by atoms with Gasteiger partial charge in [-0.2, -0.15) is 0 Å². The summed E-state index contributed by atoms with van der Waals surface area (Å²) < 4.78 is 5.39. The van der Waals surface area contributed by atoms with Gasteiger partial charge in [-0.1, -0.05) is 42.5 Å². The second kappa shape index (κ2) is 7.31. The van der Waals surface area contributed by atoms with Gasteiger partial charge in [0, 0.05) is 10.4 Å². The molecule has 0 aliphatic carbocycles. The Bertz CT molecular complexity index is 1270. The smallest absolute Gasteiger partial charge is 0.296 e. The van der Waals surface area contributed by atoms with Crippen LogP contribution < -0.4 is 0 Å². The summed E-state index contributed by atoms with van der Waals surface area (Å²) in [6.45, 7) is 0.147. The van der Waals surface area contributed by atoms with Gasteiger partial charge in [0.2, 0.25) is 0 Å². The maximum absolute atomic E-state index is 13.0. The predicted molar refractivity (Wildman–Crippen MR) is 115 cm³/mol. The maximum atomic E-state index is 13.0. The van der Waals surface area contributed by atoms with Gasteiger partial charge in [0.1, 0.15) is 17.6 Å². The van der Waals surface area contributed by atoms with E-state index in [1.807, 2.05) is 53.9 Å². The van der Waals surface area contributed by atoms with Crippen LogP contribution in [0.3, 0.4) is 0 Å². The molecule has 0 spiro atoms. The lowest BCUT2D eigenvalue weighted by Gasteiger charge is -2.23. The van der Waals surface area contributed by atoms with Crippen LogP contribution in [0.25, 0.3) is 16.5 Å². The highest BCUT2D eigenvalue weighted by atomic mass is 32.1. The first-order chi connectivity index (χ1) is 14.6. The van der Waals surface area contributed by atoms with Crippen molar-refractivity contribution in [1.82, 2.24) is 4.90 Å². The lowest BCUT2D eigenvalue weighted by atomic mass is 9.98. The third kappa shape index (κ3) is 3.02. The van der Waals surface area contributed by atoms with E-state index >= 15 is 0 Å². The highest BCUT2D eigenvalue weighted by Crippen LogP contribution is 2.42. The highest BCUT2D eigenvalue weighted by Gasteiger charge is 2.46. The first kappa shape index (κ1) is 18.4. The maximum Gasteiger partial charge on any atom is 0.296 e. The van der Waals surface area contributed by atoms with E-state index in [1.54, 1.807) is 18.2 Å². The number of ketones is 1. The van der Waals surface area contributed by atoms with Gasteiger partial charge in [0.05, 0.1) is 18.4 Å². The molecule has 5 nitrogen and oxygen atoms in total. The van der Waals surface area contributed by atoms with E-state index in [1.165, 1.54) is 22.5 Å². The molecule has 1 unspecified atom stereocenters. The number of rotatable bonds is 4. The van der Waals surface area contributed by atoms with Gasteiger partial charge in [-0.15, -0.1) is 11.3 Å². The topological polar surface area (TPSA) is 70.8 Å². The minimum absolute atomic E-state index is 0.101. The first-order valence-corrected chi connectivity index (χ1v) is 10.3. The summed E-state index contributed by atoms with van der Waals surface area (Å²) in [6.07, 6.45) is 1.53. The van der Waals surface area contributed by atoms with Crippen molar-refractivity contribution in [1.29, 1.82) is 0 Å². The van der Waals surface area contributed by atoms with Crippen LogP contribution in [-0.2, 0) is 16.1 Å². The highest BCUT2D eigenvalue weighted by molar-refractivity contribution is 7.10. The minimum atomic E-state index is -0.689. The zero-order valence-electron chi connectivity index (χ0n) is 15.8. The molecule has 2 aromatic heterocycles. The number of furan rings is 1. The predicted octanol–water partition coefficient (Wildman–Crippen LogP) is 5.12. The monoisotopic (exact) mass is 415 g/mol. The lowest BCUT2D eigenvalue weighted by molar-refractivity contribution is -0.140. The van der Waals surface area contributed by atoms with Gasteiger partial charge >= 0.3 is 0 Å². The van der Waals surface area contributed by atoms with E-state index in [4.69, 9.17) is 4.42 Å². The Morgan fingerprint density at radius 3 is 2.57 bits per heavy atom. The second-order valence-corrected chi connectivity index (χ2v) is 8.06. The van der Waals surface area contributed by atoms with E-state index in [2.05, 4.69) is 0 Å². The van der Waals surface area contributed by atoms with Crippen LogP contribution in [-0.4, -0.2) is 21.7 Å². The summed E-state index contributed by atoms with van der Waals surface area (Å²) in [4.78, 5) is 28.1. The molecule has 1 aliphatic heterocycles. The van der Waals surface area contributed by atoms with E-state index in [0.29, 0.717) is 11.3 Å². The van der Waals surface area contributed by atoms with Crippen molar-refractivity contribution < 1.29 is 19.1 Å². The van der Waals surface area contributed by atoms with E-state index in [9.17, 15) is 14.7 Å². The zero-order valence-corrected chi connectivity index (χ0v) is 16.6. The van der Waals surface area contributed by atoms with Gasteiger partial charge in [-0.3, -0.25) is 9.59 Å². The molecule has 30 heavy (non-hydrogen) atoms. The normalized spacial score (nSPS) is 18.4. The molecular weight excluding hydrogens is 398 g/mol. The van der Waals surface area contributed by atoms with Crippen molar-refractivity contribution in [3.8, 4) is 0 Å². The molecule has 1 amide bonds. The van der Waals surface area contributed by atoms with Crippen molar-refractivity contribution in [2.45, 2.75) is 12.6 Å². The fraction of sp³-hybridized carbons (Fsp3) is 0.0833. The molecular formula is C24H17NO4S. The molecule has 1 atom stereocenters. The van der Waals surface area contributed by atoms with E-state index in [-0.39, 0.29) is 17.9 Å². The van der Waals surface area contributed by atoms with Crippen LogP contribution >= 0.6 is 11.3 Å². The Labute approximate surface area is 176 Å². The summed E-state index contributed by atoms with van der Waals surface area (Å²) in [7, 11) is 0. The summed E-state index contributed by atoms with van der Waals surface area (Å²) in [5.74, 6) is -0.929. The van der Waals surface area contributed by atoms with Gasteiger partial charge in [0.25, 0.3) is 11.7 Å². The second-order valence-electron chi connectivity index (χ2n) is 7.08. The van der Waals surface area contributed by atoms with Crippen molar-refractivity contribution in [3.63, 3.8) is 0 Å². The third-order valence-corrected chi connectivity index (χ3v) is 6.21. The summed E-state index contributed by atoms with van der Waals surface area (Å²) >= 11 is 1.44. The third-order valence-electron chi connectivity index (χ3n) is 5.28. The van der Waals surface area contributed by atoms with Crippen LogP contribution in [0.1, 0.15) is 22.2 Å². The zero-order chi connectivity index (χ0) is 20.7. The number of thiophene rings is 1. The summed E-state index contributed by atoms with van der Waals surface area (Å²) in [5, 5.41) is 15.0. The van der Waals surface area contributed by atoms with Crippen LogP contribution in [0.15, 0.2) is 88.4 Å². The molecule has 0 saturated carbocycles. The van der Waals surface area contributed by atoms with Crippen molar-refractivity contribution in [3.05, 3.63) is 100 Å². The van der Waals surface area contributed by atoms with Crippen LogP contribution in [0, 0.1) is 0 Å². The molecule has 1 aliphatic rings. The standard InChI is InChI=1S/C24H17NO4S/c26-22(17-10-9-15-5-1-2-6-16(15)13-17)20-21(19-8-4-12-30-19)25(24(28)23(20)27)14-18-7-3-11-29-18/h1-13,21,26H,14H2/b22-20-. The molecule has 1 N–H and O–H groups in total. The molecule has 2 aromatic carbocycles. The summed E-state index contributed by atoms with van der Waals surface area (Å²) in [6, 6.07) is 19.8. The number of hydrogen-bond donors (Lipinski definition) is 1. The fourth-order valence-electron chi connectivity index (χ4n) is 3.85. The first-order valence-electron chi connectivity index (χ1n) is 9.47. The SMILES string of the molecule is O=C1C(=O)N(Cc2ccco2)C(c2cccs2)/C1=C(/O)c1ccc2ccccc2c1. The van der Waals surface area contributed by atoms with Crippen LogP contribution in [0.5, 0.6) is 0 Å². The number of benzene rings is 2. The van der Waals surface area contributed by atoms with Gasteiger partial charge < -0.3 is 14.4 Å². The van der Waals surface area contributed by atoms with Crippen molar-refractivity contribution in [2.75, 3.05) is 0 Å². The number of aliphatic hydroxyl groups excluding tert-OH is 1. The Balaban J connectivity index is 1.65. The van der Waals surface area contributed by atoms with Gasteiger partial charge in [0.15, 0.2) is 0 Å². The number of fused-ring (bicyclic) bond motifs is 1. The molecule has 6 heteroatoms. The molecule has 1 saturated heterocycles. The van der Waals surface area contributed by atoms with Crippen molar-refractivity contribution in [2.24, 2.45) is 0 Å². The van der Waals surface area contributed by atoms with Crippen LogP contribution in [0.4, 0.5) is 0 Å². The van der Waals surface area contributed by atoms with E-state index in [0.717, 1.165) is 15.6 Å². The largest absolute Gasteiger partial charge is 0.507 e. The summed E-state index contributed by atoms with van der Waals surface area (Å²) in [5.41, 5.74) is 0.607. The minimum Gasteiger partial charge on any atom is -0.507 e. The number of carbonyl (C=O) groups excluding carboxylic acids is 2. The molecule has 5 rings (SSSR count). The molecule has 0 radical (unpaired) electrons. The van der Waals surface area contributed by atoms with Gasteiger partial charge in [-0.25, -0.2) is 0 Å². The lowest BCUT2D eigenvalue weighted by Crippen LogP contribution is -2.28. The van der Waals surface area contributed by atoms with E-state index < -0.39 is 17.7 Å². The number of nitrogens with zero attached hydrogens (tertiary/aromatic N) is 1. The average Bonchev–Trinajstić information content (AvgIpc) is 3.52. The number of aliphatic hydroxyl groups is 1. The Morgan fingerprint density at radius 1 is 1.00 bits per heavy atom. The quantitative estimate of drug-likeness (QED) is 0.285. The molecule has 3 heterocycles. The molecule has 4 aromatic rings. The number of amides is 1. The van der Waals surface area contributed by atoms with Crippen molar-refractivity contribution >= 4 is 39.6 Å². The molecule has 148 valence electrons. The molecule has 0 bridgehead atoms. The molecule has 1 fully saturated rings. The number of Topliss-reactive ketones (excluding diaryl/α,β-unsaturated/α-hetero) is 1. The Hall–Kier alpha value is -3.64. The number of hydrogen-bond acceptors (Lipinski definition) is 5. The number of likely N-dealkylation sites (tertiary alicyclic amines) is 1. The Kier molecular flexibility index (Phi) is 4.48.